The Hall–Kier alpha value is -0.770. The number of nitrogens with zero attached hydrogens (tertiary/aromatic N) is 2. The van der Waals surface area contributed by atoms with Gasteiger partial charge < -0.3 is 15.1 Å². The lowest BCUT2D eigenvalue weighted by atomic mass is 10.1. The van der Waals surface area contributed by atoms with Crippen molar-refractivity contribution in [2.75, 3.05) is 33.2 Å². The van der Waals surface area contributed by atoms with Gasteiger partial charge in [0.2, 0.25) is 0 Å². The fraction of sp³-hybridized carbons (Fsp3) is 0.889. The van der Waals surface area contributed by atoms with E-state index in [1.807, 2.05) is 16.8 Å². The zero-order valence-electron chi connectivity index (χ0n) is 8.12. The molecule has 0 atom stereocenters. The molecule has 2 aliphatic heterocycles. The number of likely N-dealkylation sites (N-methyl/N-ethyl adjacent to an activating group) is 1. The van der Waals surface area contributed by atoms with Crippen LogP contribution in [0.3, 0.4) is 0 Å². The summed E-state index contributed by atoms with van der Waals surface area (Å²) in [6, 6.07) is 0.700. The Balaban J connectivity index is 1.96. The first-order valence-corrected chi connectivity index (χ1v) is 5.01. The van der Waals surface area contributed by atoms with Gasteiger partial charge in [-0.3, -0.25) is 0 Å². The van der Waals surface area contributed by atoms with Gasteiger partial charge in [0, 0.05) is 26.2 Å². The minimum Gasteiger partial charge on any atom is -0.326 e. The van der Waals surface area contributed by atoms with Crippen molar-refractivity contribution in [1.82, 2.24) is 15.1 Å². The van der Waals surface area contributed by atoms with E-state index in [1.54, 1.807) is 0 Å². The van der Waals surface area contributed by atoms with Gasteiger partial charge in [0.05, 0.1) is 0 Å². The number of amides is 2. The summed E-state index contributed by atoms with van der Waals surface area (Å²) in [7, 11) is 1.88. The Bertz CT molecular complexity index is 201. The molecule has 0 radical (unpaired) electrons. The molecule has 0 spiro atoms. The molecule has 0 aromatic rings. The number of piperidine rings is 1. The van der Waals surface area contributed by atoms with Gasteiger partial charge in [-0.2, -0.15) is 0 Å². The molecule has 2 saturated heterocycles. The maximum atomic E-state index is 11.6. The van der Waals surface area contributed by atoms with Crippen molar-refractivity contribution in [3.63, 3.8) is 0 Å². The van der Waals surface area contributed by atoms with Gasteiger partial charge >= 0.3 is 6.03 Å². The molecule has 13 heavy (non-hydrogen) atoms. The van der Waals surface area contributed by atoms with Gasteiger partial charge in [0.1, 0.15) is 0 Å². The second-order valence-electron chi connectivity index (χ2n) is 3.88. The Kier molecular flexibility index (Phi) is 2.40. The third kappa shape index (κ3) is 1.63. The first-order chi connectivity index (χ1) is 6.29. The lowest BCUT2D eigenvalue weighted by molar-refractivity contribution is 0.170. The third-order valence-electron chi connectivity index (χ3n) is 3.00. The largest absolute Gasteiger partial charge is 0.326 e. The smallest absolute Gasteiger partial charge is 0.320 e. The number of carbonyl (C=O) groups excluding carboxylic acids is 1. The van der Waals surface area contributed by atoms with Crippen molar-refractivity contribution in [2.24, 2.45) is 0 Å². The molecule has 2 fully saturated rings. The van der Waals surface area contributed by atoms with Crippen LogP contribution in [0.4, 0.5) is 4.79 Å². The third-order valence-corrected chi connectivity index (χ3v) is 3.00. The average Bonchev–Trinajstić information content (AvgIpc) is 2.49. The molecule has 0 aromatic carbocycles. The van der Waals surface area contributed by atoms with Crippen LogP contribution in [0.25, 0.3) is 0 Å². The molecule has 0 saturated carbocycles. The van der Waals surface area contributed by atoms with Crippen LogP contribution < -0.4 is 5.32 Å². The topological polar surface area (TPSA) is 35.6 Å². The van der Waals surface area contributed by atoms with Crippen LogP contribution in [0, 0.1) is 0 Å². The fourth-order valence-electron chi connectivity index (χ4n) is 2.13. The molecule has 1 N–H and O–H groups in total. The quantitative estimate of drug-likeness (QED) is 0.626. The van der Waals surface area contributed by atoms with Gasteiger partial charge in [-0.15, -0.1) is 0 Å². The van der Waals surface area contributed by atoms with Crippen molar-refractivity contribution in [3.05, 3.63) is 0 Å². The standard InChI is InChI=1S/C9H17N3O/c1-11-6-7-12(9(11)13)8-2-4-10-5-3-8/h8,10H,2-7H2,1H3. The van der Waals surface area contributed by atoms with E-state index in [1.165, 1.54) is 0 Å². The zero-order chi connectivity index (χ0) is 9.26. The zero-order valence-corrected chi connectivity index (χ0v) is 8.12. The van der Waals surface area contributed by atoms with Crippen LogP contribution in [0.5, 0.6) is 0 Å². The second-order valence-corrected chi connectivity index (χ2v) is 3.88. The summed E-state index contributed by atoms with van der Waals surface area (Å²) in [5.74, 6) is 0. The molecule has 74 valence electrons. The molecule has 0 bridgehead atoms. The van der Waals surface area contributed by atoms with E-state index in [9.17, 15) is 4.79 Å². The number of nitrogens with one attached hydrogen (secondary N) is 1. The molecule has 0 unspecified atom stereocenters. The molecule has 0 aliphatic carbocycles. The molecule has 4 heteroatoms. The number of carbonyl (C=O) groups is 1. The Labute approximate surface area is 78.9 Å². The van der Waals surface area contributed by atoms with E-state index in [2.05, 4.69) is 5.32 Å². The molecule has 2 amide bonds. The first kappa shape index (κ1) is 8.81. The van der Waals surface area contributed by atoms with Crippen molar-refractivity contribution in [1.29, 1.82) is 0 Å². The highest BCUT2D eigenvalue weighted by Gasteiger charge is 2.31. The maximum absolute atomic E-state index is 11.6. The maximum Gasteiger partial charge on any atom is 0.320 e. The van der Waals surface area contributed by atoms with Crippen LogP contribution in [0.15, 0.2) is 0 Å². The number of hydrogen-bond acceptors (Lipinski definition) is 2. The lowest BCUT2D eigenvalue weighted by Crippen LogP contribution is -2.44. The molecule has 2 heterocycles. The van der Waals surface area contributed by atoms with Crippen LogP contribution in [0.2, 0.25) is 0 Å². The molecular weight excluding hydrogens is 166 g/mol. The molecule has 4 nitrogen and oxygen atoms in total. The van der Waals surface area contributed by atoms with E-state index in [0.717, 1.165) is 39.0 Å². The van der Waals surface area contributed by atoms with Crippen molar-refractivity contribution in [3.8, 4) is 0 Å². The summed E-state index contributed by atoms with van der Waals surface area (Å²) >= 11 is 0. The normalized spacial score (nSPS) is 25.8. The van der Waals surface area contributed by atoms with E-state index in [0.29, 0.717) is 6.04 Å². The summed E-state index contributed by atoms with van der Waals surface area (Å²) in [6.07, 6.45) is 2.22. The second kappa shape index (κ2) is 3.54. The van der Waals surface area contributed by atoms with Gasteiger partial charge in [0.25, 0.3) is 0 Å². The number of urea groups is 1. The van der Waals surface area contributed by atoms with Crippen LogP contribution in [-0.4, -0.2) is 55.1 Å². The highest BCUT2D eigenvalue weighted by Crippen LogP contribution is 2.17. The SMILES string of the molecule is CN1CCN(C2CCNCC2)C1=O. The van der Waals surface area contributed by atoms with Crippen molar-refractivity contribution < 1.29 is 4.79 Å². The first-order valence-electron chi connectivity index (χ1n) is 5.01. The van der Waals surface area contributed by atoms with Gasteiger partial charge in [-0.25, -0.2) is 4.79 Å². The average molecular weight is 183 g/mol. The fourth-order valence-corrected chi connectivity index (χ4v) is 2.13. The Morgan fingerprint density at radius 3 is 2.54 bits per heavy atom. The predicted octanol–water partition coefficient (Wildman–Crippen LogP) is 0.106. The van der Waals surface area contributed by atoms with E-state index < -0.39 is 0 Å². The molecule has 2 rings (SSSR count). The summed E-state index contributed by atoms with van der Waals surface area (Å²) in [5, 5.41) is 3.31. The van der Waals surface area contributed by atoms with Crippen LogP contribution in [-0.2, 0) is 0 Å². The van der Waals surface area contributed by atoms with Gasteiger partial charge in [-0.05, 0) is 25.9 Å². The monoisotopic (exact) mass is 183 g/mol. The van der Waals surface area contributed by atoms with Crippen LogP contribution >= 0.6 is 0 Å². The van der Waals surface area contributed by atoms with E-state index >= 15 is 0 Å². The lowest BCUT2D eigenvalue weighted by Gasteiger charge is -2.30. The van der Waals surface area contributed by atoms with Crippen molar-refractivity contribution in [2.45, 2.75) is 18.9 Å². The van der Waals surface area contributed by atoms with Crippen molar-refractivity contribution >= 4 is 6.03 Å². The van der Waals surface area contributed by atoms with E-state index in [4.69, 9.17) is 0 Å². The minimum atomic E-state index is 0.215. The summed E-state index contributed by atoms with van der Waals surface area (Å²) in [4.78, 5) is 15.5. The number of rotatable bonds is 1. The van der Waals surface area contributed by atoms with Gasteiger partial charge in [0.15, 0.2) is 0 Å². The highest BCUT2D eigenvalue weighted by molar-refractivity contribution is 5.76. The Morgan fingerprint density at radius 1 is 1.31 bits per heavy atom. The summed E-state index contributed by atoms with van der Waals surface area (Å²) in [5.41, 5.74) is 0. The number of hydrogen-bond donors (Lipinski definition) is 1. The molecule has 2 aliphatic rings. The predicted molar refractivity (Wildman–Crippen MR) is 50.6 cm³/mol. The Morgan fingerprint density at radius 2 is 2.00 bits per heavy atom. The minimum absolute atomic E-state index is 0.215. The van der Waals surface area contributed by atoms with Gasteiger partial charge in [-0.1, -0.05) is 0 Å². The van der Waals surface area contributed by atoms with Crippen LogP contribution in [0.1, 0.15) is 12.8 Å². The highest BCUT2D eigenvalue weighted by atomic mass is 16.2. The molecule has 0 aromatic heterocycles. The van der Waals surface area contributed by atoms with E-state index in [-0.39, 0.29) is 6.03 Å². The summed E-state index contributed by atoms with van der Waals surface area (Å²) in [6.45, 7) is 3.92. The molecular formula is C9H17N3O. The summed E-state index contributed by atoms with van der Waals surface area (Å²) < 4.78 is 0.